The molecule has 0 fully saturated rings. The van der Waals surface area contributed by atoms with Crippen molar-refractivity contribution in [3.8, 4) is 11.5 Å². The summed E-state index contributed by atoms with van der Waals surface area (Å²) in [6, 6.07) is 9.92. The first-order valence-corrected chi connectivity index (χ1v) is 8.35. The number of amides is 1. The van der Waals surface area contributed by atoms with Crippen LogP contribution in [0.4, 0.5) is 4.39 Å². The Bertz CT molecular complexity index is 824. The minimum Gasteiger partial charge on any atom is -0.493 e. The number of ether oxygens (including phenoxy) is 2. The summed E-state index contributed by atoms with van der Waals surface area (Å²) in [5, 5.41) is 12.0. The molecular formula is C20H22FNO5. The lowest BCUT2D eigenvalue weighted by Crippen LogP contribution is -2.33. The molecular weight excluding hydrogens is 353 g/mol. The lowest BCUT2D eigenvalue weighted by molar-refractivity contribution is -0.137. The molecule has 2 rings (SSSR count). The molecule has 0 aromatic heterocycles. The van der Waals surface area contributed by atoms with Crippen LogP contribution in [0.2, 0.25) is 0 Å². The van der Waals surface area contributed by atoms with Gasteiger partial charge in [-0.15, -0.1) is 0 Å². The molecule has 0 spiro atoms. The zero-order chi connectivity index (χ0) is 20.0. The van der Waals surface area contributed by atoms with E-state index in [0.29, 0.717) is 22.6 Å². The SMILES string of the molecule is COc1ccc(C(CC(=O)O)NC(=O)C(C)c2cccc(F)c2)cc1OC. The Morgan fingerprint density at radius 3 is 2.37 bits per heavy atom. The molecule has 0 aliphatic rings. The van der Waals surface area contributed by atoms with Crippen molar-refractivity contribution < 1.29 is 28.6 Å². The van der Waals surface area contributed by atoms with Crippen molar-refractivity contribution in [2.75, 3.05) is 14.2 Å². The normalized spacial score (nSPS) is 12.7. The highest BCUT2D eigenvalue weighted by Crippen LogP contribution is 2.31. The van der Waals surface area contributed by atoms with E-state index in [-0.39, 0.29) is 6.42 Å². The maximum absolute atomic E-state index is 13.4. The molecule has 0 heterocycles. The maximum atomic E-state index is 13.4. The van der Waals surface area contributed by atoms with Gasteiger partial charge in [-0.05, 0) is 42.3 Å². The van der Waals surface area contributed by atoms with Crippen molar-refractivity contribution in [2.45, 2.75) is 25.3 Å². The lowest BCUT2D eigenvalue weighted by Gasteiger charge is -2.21. The van der Waals surface area contributed by atoms with Crippen LogP contribution in [0.1, 0.15) is 36.4 Å². The van der Waals surface area contributed by atoms with Crippen LogP contribution in [-0.4, -0.2) is 31.2 Å². The zero-order valence-corrected chi connectivity index (χ0v) is 15.4. The number of hydrogen-bond acceptors (Lipinski definition) is 4. The van der Waals surface area contributed by atoms with Crippen LogP contribution in [0.3, 0.4) is 0 Å². The van der Waals surface area contributed by atoms with Gasteiger partial charge in [0.1, 0.15) is 5.82 Å². The molecule has 6 nitrogen and oxygen atoms in total. The number of carbonyl (C=O) groups is 2. The number of carboxylic acid groups (broad SMARTS) is 1. The number of hydrogen-bond donors (Lipinski definition) is 2. The number of halogens is 1. The molecule has 2 aromatic carbocycles. The fourth-order valence-electron chi connectivity index (χ4n) is 2.72. The number of nitrogens with one attached hydrogen (secondary N) is 1. The molecule has 0 saturated carbocycles. The van der Waals surface area contributed by atoms with Crippen molar-refractivity contribution in [1.82, 2.24) is 5.32 Å². The number of aliphatic carboxylic acids is 1. The summed E-state index contributed by atoms with van der Waals surface area (Å²) in [6.45, 7) is 1.64. The van der Waals surface area contributed by atoms with Gasteiger partial charge in [0, 0.05) is 0 Å². The quantitative estimate of drug-likeness (QED) is 0.740. The monoisotopic (exact) mass is 375 g/mol. The first kappa shape index (κ1) is 20.2. The zero-order valence-electron chi connectivity index (χ0n) is 15.4. The summed E-state index contributed by atoms with van der Waals surface area (Å²) < 4.78 is 23.8. The molecule has 0 saturated heterocycles. The Labute approximate surface area is 156 Å². The third-order valence-electron chi connectivity index (χ3n) is 4.25. The highest BCUT2D eigenvalue weighted by atomic mass is 19.1. The first-order chi connectivity index (χ1) is 12.8. The van der Waals surface area contributed by atoms with Gasteiger partial charge in [-0.2, -0.15) is 0 Å². The summed E-state index contributed by atoms with van der Waals surface area (Å²) >= 11 is 0. The van der Waals surface area contributed by atoms with Crippen LogP contribution in [0.15, 0.2) is 42.5 Å². The Hall–Kier alpha value is -3.09. The lowest BCUT2D eigenvalue weighted by atomic mass is 9.98. The number of carbonyl (C=O) groups excluding carboxylic acids is 1. The minimum atomic E-state index is -1.06. The van der Waals surface area contributed by atoms with E-state index in [4.69, 9.17) is 9.47 Å². The van der Waals surface area contributed by atoms with Gasteiger partial charge in [0.2, 0.25) is 5.91 Å². The third kappa shape index (κ3) is 5.20. The first-order valence-electron chi connectivity index (χ1n) is 8.35. The van der Waals surface area contributed by atoms with Crippen LogP contribution in [0, 0.1) is 5.82 Å². The van der Waals surface area contributed by atoms with Gasteiger partial charge in [0.15, 0.2) is 11.5 Å². The molecule has 1 amide bonds. The molecule has 27 heavy (non-hydrogen) atoms. The molecule has 0 radical (unpaired) electrons. The Morgan fingerprint density at radius 2 is 1.78 bits per heavy atom. The number of carboxylic acids is 1. The van der Waals surface area contributed by atoms with Crippen LogP contribution in [0.5, 0.6) is 11.5 Å². The molecule has 144 valence electrons. The highest BCUT2D eigenvalue weighted by Gasteiger charge is 2.23. The van der Waals surface area contributed by atoms with E-state index in [1.807, 2.05) is 0 Å². The van der Waals surface area contributed by atoms with Crippen molar-refractivity contribution in [3.63, 3.8) is 0 Å². The number of benzene rings is 2. The van der Waals surface area contributed by atoms with E-state index in [1.165, 1.54) is 32.4 Å². The second-order valence-electron chi connectivity index (χ2n) is 6.05. The predicted octanol–water partition coefficient (Wildman–Crippen LogP) is 3.28. The van der Waals surface area contributed by atoms with Gasteiger partial charge >= 0.3 is 5.97 Å². The molecule has 0 aliphatic carbocycles. The Kier molecular flexibility index (Phi) is 6.76. The van der Waals surface area contributed by atoms with Gasteiger partial charge < -0.3 is 19.9 Å². The molecule has 7 heteroatoms. The summed E-state index contributed by atoms with van der Waals surface area (Å²) in [5.74, 6) is -1.62. The molecule has 0 aliphatic heterocycles. The summed E-state index contributed by atoms with van der Waals surface area (Å²) in [4.78, 5) is 23.9. The molecule has 2 atom stereocenters. The molecule has 0 bridgehead atoms. The minimum absolute atomic E-state index is 0.308. The fraction of sp³-hybridized carbons (Fsp3) is 0.300. The van der Waals surface area contributed by atoms with Gasteiger partial charge in [0.05, 0.1) is 32.6 Å². The average molecular weight is 375 g/mol. The van der Waals surface area contributed by atoms with E-state index >= 15 is 0 Å². The van der Waals surface area contributed by atoms with Gasteiger partial charge in [-0.3, -0.25) is 9.59 Å². The molecule has 2 N–H and O–H groups in total. The van der Waals surface area contributed by atoms with Crippen molar-refractivity contribution in [1.29, 1.82) is 0 Å². The highest BCUT2D eigenvalue weighted by molar-refractivity contribution is 5.84. The van der Waals surface area contributed by atoms with Gasteiger partial charge in [-0.1, -0.05) is 18.2 Å². The van der Waals surface area contributed by atoms with E-state index in [0.717, 1.165) is 0 Å². The summed E-state index contributed by atoms with van der Waals surface area (Å²) in [7, 11) is 2.97. The number of methoxy groups -OCH3 is 2. The Morgan fingerprint density at radius 1 is 1.07 bits per heavy atom. The van der Waals surface area contributed by atoms with Crippen LogP contribution in [-0.2, 0) is 9.59 Å². The third-order valence-corrected chi connectivity index (χ3v) is 4.25. The van der Waals surface area contributed by atoms with Crippen LogP contribution < -0.4 is 14.8 Å². The van der Waals surface area contributed by atoms with Crippen LogP contribution in [0.25, 0.3) is 0 Å². The average Bonchev–Trinajstić information content (AvgIpc) is 2.65. The largest absolute Gasteiger partial charge is 0.493 e. The topological polar surface area (TPSA) is 84.9 Å². The number of rotatable bonds is 8. The Balaban J connectivity index is 2.26. The fourth-order valence-corrected chi connectivity index (χ4v) is 2.72. The maximum Gasteiger partial charge on any atom is 0.305 e. The van der Waals surface area contributed by atoms with Crippen molar-refractivity contribution >= 4 is 11.9 Å². The van der Waals surface area contributed by atoms with Gasteiger partial charge in [0.25, 0.3) is 0 Å². The standard InChI is InChI=1S/C20H22FNO5/c1-12(13-5-4-6-15(21)9-13)20(25)22-16(11-19(23)24)14-7-8-17(26-2)18(10-14)27-3/h4-10,12,16H,11H2,1-3H3,(H,22,25)(H,23,24). The second-order valence-corrected chi connectivity index (χ2v) is 6.05. The van der Waals surface area contributed by atoms with Crippen LogP contribution >= 0.6 is 0 Å². The van der Waals surface area contributed by atoms with Crippen molar-refractivity contribution in [3.05, 3.63) is 59.4 Å². The van der Waals surface area contributed by atoms with Gasteiger partial charge in [-0.25, -0.2) is 4.39 Å². The molecule has 2 unspecified atom stereocenters. The summed E-state index contributed by atoms with van der Waals surface area (Å²) in [5.41, 5.74) is 1.07. The smallest absolute Gasteiger partial charge is 0.305 e. The van der Waals surface area contributed by atoms with Crippen molar-refractivity contribution in [2.24, 2.45) is 0 Å². The van der Waals surface area contributed by atoms with E-state index in [1.54, 1.807) is 31.2 Å². The molecule has 2 aromatic rings. The van der Waals surface area contributed by atoms with E-state index < -0.39 is 29.7 Å². The summed E-state index contributed by atoms with van der Waals surface area (Å²) in [6.07, 6.45) is -0.308. The second kappa shape index (κ2) is 9.02. The predicted molar refractivity (Wildman–Crippen MR) is 97.5 cm³/mol. The van der Waals surface area contributed by atoms with E-state index in [2.05, 4.69) is 5.32 Å². The van der Waals surface area contributed by atoms with E-state index in [9.17, 15) is 19.1 Å².